The third-order valence-corrected chi connectivity index (χ3v) is 8.03. The molecular weight excluding hydrogens is 512 g/mol. The summed E-state index contributed by atoms with van der Waals surface area (Å²) in [6, 6.07) is 13.1. The molecule has 10 heteroatoms. The van der Waals surface area contributed by atoms with Crippen molar-refractivity contribution in [1.29, 1.82) is 0 Å². The van der Waals surface area contributed by atoms with Crippen molar-refractivity contribution in [3.63, 3.8) is 0 Å². The van der Waals surface area contributed by atoms with Gasteiger partial charge in [0.1, 0.15) is 34.7 Å². The van der Waals surface area contributed by atoms with Crippen LogP contribution < -0.4 is 15.2 Å². The number of rotatable bonds is 9. The molecule has 1 atom stereocenters. The van der Waals surface area contributed by atoms with Crippen molar-refractivity contribution in [2.24, 2.45) is 5.73 Å². The standard InChI is InChI=1S/C27H29ClN4O4S/c1-17(20-4-2-3-5-21(20)28)36-23-14-24(37-26(23)27(29)34)22-15-30-25-7-6-19(16-32(22)25)35-13-12-31-10-8-18(33)9-11-31/h2-7,14-18,33H,8-13H2,1H3,(H2,29,34). The van der Waals surface area contributed by atoms with Crippen LogP contribution in [-0.4, -0.2) is 57.6 Å². The number of hydrogen-bond donors (Lipinski definition) is 2. The van der Waals surface area contributed by atoms with Gasteiger partial charge in [0.05, 0.1) is 29.1 Å². The van der Waals surface area contributed by atoms with Gasteiger partial charge in [-0.3, -0.25) is 14.1 Å². The number of nitrogens with two attached hydrogens (primary N) is 1. The minimum Gasteiger partial charge on any atom is -0.491 e. The monoisotopic (exact) mass is 540 g/mol. The molecule has 194 valence electrons. The van der Waals surface area contributed by atoms with E-state index in [-0.39, 0.29) is 12.2 Å². The normalized spacial score (nSPS) is 15.6. The summed E-state index contributed by atoms with van der Waals surface area (Å²) in [7, 11) is 0. The van der Waals surface area contributed by atoms with Crippen LogP contribution in [0.25, 0.3) is 16.2 Å². The van der Waals surface area contributed by atoms with E-state index in [9.17, 15) is 9.90 Å². The lowest BCUT2D eigenvalue weighted by atomic mass is 10.1. The van der Waals surface area contributed by atoms with Crippen LogP contribution in [0.15, 0.2) is 54.9 Å². The molecule has 1 amide bonds. The quantitative estimate of drug-likeness (QED) is 0.316. The maximum atomic E-state index is 12.2. The summed E-state index contributed by atoms with van der Waals surface area (Å²) in [5.74, 6) is 0.578. The number of benzene rings is 1. The average molecular weight is 541 g/mol. The molecule has 37 heavy (non-hydrogen) atoms. The zero-order valence-electron chi connectivity index (χ0n) is 20.5. The van der Waals surface area contributed by atoms with E-state index in [4.69, 9.17) is 26.8 Å². The van der Waals surface area contributed by atoms with Crippen molar-refractivity contribution in [1.82, 2.24) is 14.3 Å². The minimum absolute atomic E-state index is 0.183. The number of fused-ring (bicyclic) bond motifs is 1. The molecule has 4 aromatic rings. The summed E-state index contributed by atoms with van der Waals surface area (Å²) in [6.07, 6.45) is 4.71. The summed E-state index contributed by atoms with van der Waals surface area (Å²) in [5.41, 5.74) is 8.08. The van der Waals surface area contributed by atoms with Gasteiger partial charge in [0.2, 0.25) is 0 Å². The van der Waals surface area contributed by atoms with E-state index in [1.54, 1.807) is 12.3 Å². The predicted octanol–water partition coefficient (Wildman–Crippen LogP) is 4.79. The van der Waals surface area contributed by atoms with E-state index >= 15 is 0 Å². The van der Waals surface area contributed by atoms with Gasteiger partial charge in [-0.2, -0.15) is 0 Å². The van der Waals surface area contributed by atoms with Gasteiger partial charge >= 0.3 is 0 Å². The third kappa shape index (κ3) is 5.75. The van der Waals surface area contributed by atoms with Crippen molar-refractivity contribution in [3.8, 4) is 22.1 Å². The second-order valence-corrected chi connectivity index (χ2v) is 10.6. The molecule has 5 rings (SSSR count). The Morgan fingerprint density at radius 3 is 2.81 bits per heavy atom. The number of nitrogens with zero attached hydrogens (tertiary/aromatic N) is 3. The molecular formula is C27H29ClN4O4S. The number of imidazole rings is 1. The number of pyridine rings is 1. The molecule has 4 heterocycles. The highest BCUT2D eigenvalue weighted by Crippen LogP contribution is 2.39. The van der Waals surface area contributed by atoms with Crippen LogP contribution in [0.3, 0.4) is 0 Å². The molecule has 0 bridgehead atoms. The first-order chi connectivity index (χ1) is 17.9. The summed E-state index contributed by atoms with van der Waals surface area (Å²) in [6.45, 7) is 5.00. The highest BCUT2D eigenvalue weighted by atomic mass is 35.5. The second kappa shape index (κ2) is 11.1. The number of aromatic nitrogens is 2. The maximum absolute atomic E-state index is 12.2. The van der Waals surface area contributed by atoms with Crippen LogP contribution in [0.5, 0.6) is 11.5 Å². The first-order valence-electron chi connectivity index (χ1n) is 12.2. The number of amides is 1. The Morgan fingerprint density at radius 2 is 2.05 bits per heavy atom. The van der Waals surface area contributed by atoms with Crippen LogP contribution >= 0.6 is 22.9 Å². The smallest absolute Gasteiger partial charge is 0.262 e. The minimum atomic E-state index is -0.555. The number of ether oxygens (including phenoxy) is 2. The maximum Gasteiger partial charge on any atom is 0.262 e. The zero-order valence-corrected chi connectivity index (χ0v) is 22.0. The van der Waals surface area contributed by atoms with E-state index in [1.807, 2.05) is 53.9 Å². The van der Waals surface area contributed by atoms with Gasteiger partial charge in [-0.1, -0.05) is 29.8 Å². The average Bonchev–Trinajstić information content (AvgIpc) is 3.49. The number of carbonyl (C=O) groups is 1. The van der Waals surface area contributed by atoms with Gasteiger partial charge < -0.3 is 20.3 Å². The Kier molecular flexibility index (Phi) is 7.66. The van der Waals surface area contributed by atoms with Gasteiger partial charge in [-0.25, -0.2) is 4.98 Å². The van der Waals surface area contributed by atoms with Gasteiger partial charge in [0.15, 0.2) is 0 Å². The third-order valence-electron chi connectivity index (χ3n) is 6.53. The first kappa shape index (κ1) is 25.5. The van der Waals surface area contributed by atoms with Gasteiger partial charge in [-0.15, -0.1) is 11.3 Å². The Labute approximate surface area is 224 Å². The molecule has 3 aromatic heterocycles. The molecule has 1 fully saturated rings. The number of aliphatic hydroxyl groups is 1. The number of likely N-dealkylation sites (tertiary alicyclic amines) is 1. The fourth-order valence-corrected chi connectivity index (χ4v) is 5.72. The number of primary amides is 1. The van der Waals surface area contributed by atoms with Gasteiger partial charge in [0.25, 0.3) is 5.91 Å². The Hall–Kier alpha value is -3.11. The molecule has 1 unspecified atom stereocenters. The highest BCUT2D eigenvalue weighted by molar-refractivity contribution is 7.17. The second-order valence-electron chi connectivity index (χ2n) is 9.11. The molecule has 0 saturated carbocycles. The molecule has 1 aromatic carbocycles. The van der Waals surface area contributed by atoms with Gasteiger partial charge in [-0.05, 0) is 38.0 Å². The number of aliphatic hydroxyl groups excluding tert-OH is 1. The molecule has 1 aliphatic rings. The first-order valence-corrected chi connectivity index (χ1v) is 13.4. The fraction of sp³-hybridized carbons (Fsp3) is 0.333. The molecule has 1 saturated heterocycles. The lowest BCUT2D eigenvalue weighted by molar-refractivity contribution is 0.0754. The van der Waals surface area contributed by atoms with E-state index in [0.717, 1.165) is 60.0 Å². The Bertz CT molecular complexity index is 1400. The zero-order chi connectivity index (χ0) is 25.9. The molecule has 1 aliphatic heterocycles. The summed E-state index contributed by atoms with van der Waals surface area (Å²) >= 11 is 7.60. The van der Waals surface area contributed by atoms with Crippen LogP contribution in [0.2, 0.25) is 5.02 Å². The van der Waals surface area contributed by atoms with Crippen molar-refractivity contribution in [2.75, 3.05) is 26.2 Å². The lowest BCUT2D eigenvalue weighted by Crippen LogP contribution is -2.38. The lowest BCUT2D eigenvalue weighted by Gasteiger charge is -2.29. The van der Waals surface area contributed by atoms with E-state index < -0.39 is 5.91 Å². The summed E-state index contributed by atoms with van der Waals surface area (Å²) in [5, 5.41) is 10.3. The van der Waals surface area contributed by atoms with Crippen molar-refractivity contribution < 1.29 is 19.4 Å². The SMILES string of the molecule is CC(Oc1cc(-c2cnc3ccc(OCCN4CCC(O)CC4)cn23)sc1C(N)=O)c1ccccc1Cl. The van der Waals surface area contributed by atoms with Crippen LogP contribution in [0.1, 0.15) is 41.1 Å². The van der Waals surface area contributed by atoms with E-state index in [0.29, 0.717) is 22.3 Å². The Balaban J connectivity index is 1.35. The number of hydrogen-bond acceptors (Lipinski definition) is 7. The van der Waals surface area contributed by atoms with E-state index in [2.05, 4.69) is 9.88 Å². The van der Waals surface area contributed by atoms with Crippen molar-refractivity contribution in [3.05, 3.63) is 70.3 Å². The van der Waals surface area contributed by atoms with Crippen molar-refractivity contribution >= 4 is 34.5 Å². The van der Waals surface area contributed by atoms with Crippen LogP contribution in [0, 0.1) is 0 Å². The number of piperidine rings is 1. The molecule has 0 spiro atoms. The number of carbonyl (C=O) groups excluding carboxylic acids is 1. The molecule has 0 radical (unpaired) electrons. The molecule has 8 nitrogen and oxygen atoms in total. The fourth-order valence-electron chi connectivity index (χ4n) is 4.48. The Morgan fingerprint density at radius 1 is 1.27 bits per heavy atom. The topological polar surface area (TPSA) is 102 Å². The largest absolute Gasteiger partial charge is 0.491 e. The summed E-state index contributed by atoms with van der Waals surface area (Å²) in [4.78, 5) is 20.2. The highest BCUT2D eigenvalue weighted by Gasteiger charge is 2.22. The van der Waals surface area contributed by atoms with Crippen molar-refractivity contribution in [2.45, 2.75) is 32.0 Å². The van der Waals surface area contributed by atoms with Gasteiger partial charge in [0, 0.05) is 36.3 Å². The molecule has 0 aliphatic carbocycles. The molecule has 3 N–H and O–H groups in total. The van der Waals surface area contributed by atoms with Crippen LogP contribution in [0.4, 0.5) is 0 Å². The predicted molar refractivity (Wildman–Crippen MR) is 145 cm³/mol. The number of halogens is 1. The summed E-state index contributed by atoms with van der Waals surface area (Å²) < 4.78 is 14.1. The number of thiophene rings is 1. The van der Waals surface area contributed by atoms with Crippen LogP contribution in [-0.2, 0) is 0 Å². The van der Waals surface area contributed by atoms with E-state index in [1.165, 1.54) is 11.3 Å².